The molecule has 4 aromatic carbocycles. The highest BCUT2D eigenvalue weighted by Crippen LogP contribution is 2.32. The van der Waals surface area contributed by atoms with E-state index < -0.39 is 6.29 Å². The van der Waals surface area contributed by atoms with Crippen molar-refractivity contribution in [1.29, 1.82) is 0 Å². The van der Waals surface area contributed by atoms with E-state index in [1.54, 1.807) is 29.2 Å². The molecule has 0 radical (unpaired) electrons. The molecule has 6 rings (SSSR count). The van der Waals surface area contributed by atoms with Gasteiger partial charge in [0.2, 0.25) is 0 Å². The zero-order valence-electron chi connectivity index (χ0n) is 21.7. The Labute approximate surface area is 237 Å². The van der Waals surface area contributed by atoms with Crippen LogP contribution in [0.4, 0.5) is 11.4 Å². The van der Waals surface area contributed by atoms with Gasteiger partial charge in [0.05, 0.1) is 29.8 Å². The van der Waals surface area contributed by atoms with Crippen molar-refractivity contribution in [3.63, 3.8) is 0 Å². The van der Waals surface area contributed by atoms with Gasteiger partial charge < -0.3 is 20.1 Å². The highest BCUT2D eigenvalue weighted by Gasteiger charge is 2.35. The largest absolute Gasteiger partial charge is 0.367 e. The first-order valence-corrected chi connectivity index (χ1v) is 13.5. The number of aliphatic hydroxyl groups is 1. The van der Waals surface area contributed by atoms with Gasteiger partial charge in [0.15, 0.2) is 6.29 Å². The molecule has 40 heavy (non-hydrogen) atoms. The molecule has 2 unspecified atom stereocenters. The zero-order valence-corrected chi connectivity index (χ0v) is 22.4. The van der Waals surface area contributed by atoms with Crippen LogP contribution < -0.4 is 10.2 Å². The Morgan fingerprint density at radius 2 is 1.62 bits per heavy atom. The van der Waals surface area contributed by atoms with Crippen molar-refractivity contribution in [2.24, 2.45) is 0 Å². The van der Waals surface area contributed by atoms with Crippen molar-refractivity contribution in [3.8, 4) is 11.1 Å². The normalized spacial score (nSPS) is 18.8. The van der Waals surface area contributed by atoms with Gasteiger partial charge in [-0.1, -0.05) is 78.3 Å². The summed E-state index contributed by atoms with van der Waals surface area (Å²) in [5.41, 5.74) is 4.94. The fraction of sp³-hybridized carbons (Fsp3) is 0.188. The molecule has 0 spiro atoms. The summed E-state index contributed by atoms with van der Waals surface area (Å²) in [6.07, 6.45) is -0.845. The fourth-order valence-electron chi connectivity index (χ4n) is 5.38. The van der Waals surface area contributed by atoms with Crippen LogP contribution in [0.2, 0.25) is 5.02 Å². The topological polar surface area (TPSA) is 82.1 Å². The molecule has 0 saturated carbocycles. The molecule has 0 bridgehead atoms. The Balaban J connectivity index is 1.25. The molecule has 2 N–H and O–H groups in total. The fourth-order valence-corrected chi connectivity index (χ4v) is 5.64. The van der Waals surface area contributed by atoms with Crippen molar-refractivity contribution in [1.82, 2.24) is 4.90 Å². The molecule has 1 saturated heterocycles. The van der Waals surface area contributed by atoms with Crippen molar-refractivity contribution in [2.75, 3.05) is 29.9 Å². The third-order valence-corrected chi connectivity index (χ3v) is 7.71. The van der Waals surface area contributed by atoms with Crippen LogP contribution in [-0.2, 0) is 11.3 Å². The van der Waals surface area contributed by atoms with Gasteiger partial charge in [-0.25, -0.2) is 0 Å². The van der Waals surface area contributed by atoms with Crippen LogP contribution in [0.3, 0.4) is 0 Å². The first-order valence-electron chi connectivity index (χ1n) is 13.2. The van der Waals surface area contributed by atoms with Crippen molar-refractivity contribution < 1.29 is 19.4 Å². The monoisotopic (exact) mass is 553 g/mol. The number of para-hydroxylation sites is 1. The first-order chi connectivity index (χ1) is 19.5. The lowest BCUT2D eigenvalue weighted by molar-refractivity contribution is -0.165. The van der Waals surface area contributed by atoms with Gasteiger partial charge in [0.25, 0.3) is 11.8 Å². The molecular formula is C32H28ClN3O4. The van der Waals surface area contributed by atoms with E-state index in [0.29, 0.717) is 43.1 Å². The highest BCUT2D eigenvalue weighted by atomic mass is 35.5. The van der Waals surface area contributed by atoms with Gasteiger partial charge in [-0.3, -0.25) is 14.5 Å². The van der Waals surface area contributed by atoms with Crippen LogP contribution >= 0.6 is 11.6 Å². The first kappa shape index (κ1) is 26.2. The number of carbonyl (C=O) groups is 2. The molecule has 1 fully saturated rings. The number of benzene rings is 4. The minimum Gasteiger partial charge on any atom is -0.367 e. The molecule has 2 atom stereocenters. The summed E-state index contributed by atoms with van der Waals surface area (Å²) in [5, 5.41) is 13.2. The number of ether oxygens (including phenoxy) is 1. The molecule has 7 nitrogen and oxygen atoms in total. The maximum atomic E-state index is 13.9. The molecule has 202 valence electrons. The van der Waals surface area contributed by atoms with Gasteiger partial charge >= 0.3 is 0 Å². The summed E-state index contributed by atoms with van der Waals surface area (Å²) in [6.45, 7) is 1.70. The summed E-state index contributed by atoms with van der Waals surface area (Å²) in [5.74, 6) is -0.506. The molecule has 2 amide bonds. The molecule has 4 aromatic rings. The number of fused-ring (bicyclic) bond motifs is 2. The van der Waals surface area contributed by atoms with Crippen molar-refractivity contribution >= 4 is 34.8 Å². The SMILES string of the molecule is O=C(Nc1ccc(C(=O)N2CC3COC(O)CN3Cc3ccccc32)c(Cl)c1)c1ccccc1-c1ccccc1. The molecule has 0 aliphatic carbocycles. The van der Waals surface area contributed by atoms with E-state index in [1.807, 2.05) is 72.8 Å². The van der Waals surface area contributed by atoms with Gasteiger partial charge in [0, 0.05) is 30.0 Å². The summed E-state index contributed by atoms with van der Waals surface area (Å²) in [7, 11) is 0. The predicted octanol–water partition coefficient (Wildman–Crippen LogP) is 5.44. The average molecular weight is 554 g/mol. The van der Waals surface area contributed by atoms with Crippen molar-refractivity contribution in [3.05, 3.63) is 119 Å². The second-order valence-electron chi connectivity index (χ2n) is 9.98. The zero-order chi connectivity index (χ0) is 27.6. The Bertz CT molecular complexity index is 1560. The van der Waals surface area contributed by atoms with Crippen LogP contribution in [0, 0.1) is 0 Å². The number of nitrogens with one attached hydrogen (secondary N) is 1. The van der Waals surface area contributed by atoms with Gasteiger partial charge in [-0.15, -0.1) is 0 Å². The van der Waals surface area contributed by atoms with E-state index in [2.05, 4.69) is 10.2 Å². The summed E-state index contributed by atoms with van der Waals surface area (Å²) >= 11 is 6.66. The van der Waals surface area contributed by atoms with Crippen LogP contribution in [-0.4, -0.2) is 53.8 Å². The minimum absolute atomic E-state index is 0.0678. The van der Waals surface area contributed by atoms with Crippen LogP contribution in [0.5, 0.6) is 0 Å². The quantitative estimate of drug-likeness (QED) is 0.352. The summed E-state index contributed by atoms with van der Waals surface area (Å²) in [4.78, 5) is 31.0. The van der Waals surface area contributed by atoms with Crippen LogP contribution in [0.1, 0.15) is 26.3 Å². The van der Waals surface area contributed by atoms with Gasteiger partial charge in [-0.2, -0.15) is 0 Å². The summed E-state index contributed by atoms with van der Waals surface area (Å²) < 4.78 is 5.49. The lowest BCUT2D eigenvalue weighted by Crippen LogP contribution is -2.53. The van der Waals surface area contributed by atoms with E-state index in [9.17, 15) is 14.7 Å². The van der Waals surface area contributed by atoms with Crippen LogP contribution in [0.15, 0.2) is 97.1 Å². The highest BCUT2D eigenvalue weighted by molar-refractivity contribution is 6.35. The second kappa shape index (κ2) is 11.2. The molecule has 0 aromatic heterocycles. The number of halogens is 1. The van der Waals surface area contributed by atoms with Crippen molar-refractivity contribution in [2.45, 2.75) is 18.9 Å². The molecule has 2 aliphatic heterocycles. The third kappa shape index (κ3) is 5.24. The molecule has 2 heterocycles. The second-order valence-corrected chi connectivity index (χ2v) is 10.4. The average Bonchev–Trinajstić information content (AvgIpc) is 3.14. The summed E-state index contributed by atoms with van der Waals surface area (Å²) in [6, 6.07) is 29.8. The number of amides is 2. The van der Waals surface area contributed by atoms with Gasteiger partial charge in [-0.05, 0) is 47.0 Å². The van der Waals surface area contributed by atoms with E-state index in [1.165, 1.54) is 0 Å². The molecule has 8 heteroatoms. The molecular weight excluding hydrogens is 526 g/mol. The number of aliphatic hydroxyl groups excluding tert-OH is 1. The smallest absolute Gasteiger partial charge is 0.259 e. The van der Waals surface area contributed by atoms with E-state index in [0.717, 1.165) is 22.4 Å². The lowest BCUT2D eigenvalue weighted by Gasteiger charge is -2.37. The number of morpholine rings is 1. The Morgan fingerprint density at radius 3 is 2.45 bits per heavy atom. The third-order valence-electron chi connectivity index (χ3n) is 7.40. The number of nitrogens with zero attached hydrogens (tertiary/aromatic N) is 2. The number of anilines is 2. The number of carbonyl (C=O) groups excluding carboxylic acids is 2. The Kier molecular flexibility index (Phi) is 7.36. The number of hydrogen-bond acceptors (Lipinski definition) is 5. The van der Waals surface area contributed by atoms with Crippen LogP contribution in [0.25, 0.3) is 11.1 Å². The number of hydrogen-bond donors (Lipinski definition) is 2. The maximum Gasteiger partial charge on any atom is 0.259 e. The van der Waals surface area contributed by atoms with E-state index >= 15 is 0 Å². The lowest BCUT2D eigenvalue weighted by atomic mass is 9.99. The maximum absolute atomic E-state index is 13.9. The Hall–Kier alpha value is -4.01. The predicted molar refractivity (Wildman–Crippen MR) is 156 cm³/mol. The molecule has 2 aliphatic rings. The Morgan fingerprint density at radius 1 is 0.875 bits per heavy atom. The minimum atomic E-state index is -0.845. The van der Waals surface area contributed by atoms with E-state index in [4.69, 9.17) is 16.3 Å². The van der Waals surface area contributed by atoms with Gasteiger partial charge in [0.1, 0.15) is 0 Å². The number of rotatable bonds is 4. The van der Waals surface area contributed by atoms with E-state index in [-0.39, 0.29) is 22.9 Å². The standard InChI is InChI=1S/C32H28ClN3O4/c33-28-16-23(34-31(38)26-12-6-5-11-25(26)21-8-2-1-3-9-21)14-15-27(28)32(39)36-18-24-20-40-30(37)19-35(24)17-22-10-4-7-13-29(22)36/h1-16,24,30,37H,17-20H2,(H,34,38).